The van der Waals surface area contributed by atoms with Gasteiger partial charge in [-0.15, -0.1) is 0 Å². The van der Waals surface area contributed by atoms with E-state index in [9.17, 15) is 4.79 Å². The molecular formula is C27H18O2. The Labute approximate surface area is 169 Å². The van der Waals surface area contributed by atoms with Gasteiger partial charge in [0.25, 0.3) is 0 Å². The quantitative estimate of drug-likeness (QED) is 0.392. The highest BCUT2D eigenvalue weighted by Gasteiger charge is 2.42. The molecule has 0 spiro atoms. The number of ketones is 1. The van der Waals surface area contributed by atoms with Crippen molar-refractivity contribution in [2.45, 2.75) is 12.8 Å². The Balaban J connectivity index is 1.69. The number of fused-ring (bicyclic) bond motifs is 5. The zero-order chi connectivity index (χ0) is 19.5. The minimum atomic E-state index is -0.152. The van der Waals surface area contributed by atoms with Crippen LogP contribution in [-0.2, 0) is 0 Å². The first-order chi connectivity index (χ1) is 14.2. The summed E-state index contributed by atoms with van der Waals surface area (Å²) >= 11 is 0. The Kier molecular flexibility index (Phi) is 3.33. The first-order valence-electron chi connectivity index (χ1n) is 9.87. The maximum atomic E-state index is 13.5. The van der Waals surface area contributed by atoms with E-state index in [1.807, 2.05) is 42.5 Å². The summed E-state index contributed by atoms with van der Waals surface area (Å²) in [4.78, 5) is 13.5. The average Bonchev–Trinajstić information content (AvgIpc) is 3.05. The zero-order valence-electron chi connectivity index (χ0n) is 16.0. The largest absolute Gasteiger partial charge is 0.456 e. The molecule has 4 aromatic carbocycles. The lowest BCUT2D eigenvalue weighted by Crippen LogP contribution is -2.17. The number of rotatable bonds is 1. The molecule has 0 radical (unpaired) electrons. The summed E-state index contributed by atoms with van der Waals surface area (Å²) in [5, 5.41) is 2.28. The Morgan fingerprint density at radius 2 is 1.48 bits per heavy atom. The Hall–Kier alpha value is -3.65. The summed E-state index contributed by atoms with van der Waals surface area (Å²) in [6.07, 6.45) is 0. The molecule has 29 heavy (non-hydrogen) atoms. The Morgan fingerprint density at radius 3 is 2.31 bits per heavy atom. The highest BCUT2D eigenvalue weighted by Crippen LogP contribution is 2.52. The maximum absolute atomic E-state index is 13.5. The number of allylic oxidation sites excluding steroid dienone is 1. The molecule has 2 aliphatic rings. The van der Waals surface area contributed by atoms with Gasteiger partial charge in [0.05, 0.1) is 5.57 Å². The number of ether oxygens (including phenoxy) is 1. The van der Waals surface area contributed by atoms with E-state index < -0.39 is 0 Å². The second kappa shape index (κ2) is 5.92. The van der Waals surface area contributed by atoms with Crippen LogP contribution >= 0.6 is 0 Å². The number of carbonyl (C=O) groups excluding carboxylic acids is 1. The van der Waals surface area contributed by atoms with Crippen LogP contribution in [0.3, 0.4) is 0 Å². The summed E-state index contributed by atoms with van der Waals surface area (Å²) in [7, 11) is 0. The maximum Gasteiger partial charge on any atom is 0.194 e. The van der Waals surface area contributed by atoms with E-state index in [1.54, 1.807) is 0 Å². The lowest BCUT2D eigenvalue weighted by molar-refractivity contribution is 0.103. The van der Waals surface area contributed by atoms with E-state index in [0.717, 1.165) is 44.3 Å². The Morgan fingerprint density at radius 1 is 0.759 bits per heavy atom. The van der Waals surface area contributed by atoms with E-state index >= 15 is 0 Å². The summed E-state index contributed by atoms with van der Waals surface area (Å²) in [6.45, 7) is 2.08. The molecule has 1 aliphatic carbocycles. The minimum absolute atomic E-state index is 0.0692. The molecule has 0 amide bonds. The standard InChI is InChI=1S/C27H18O2/c1-16-10-12-18(13-11-16)23-24-19-7-3-2-6-17(19)14-15-22(24)29-27-21-9-5-4-8-20(21)26(28)25(23)27/h2-15,23H,1H3. The van der Waals surface area contributed by atoms with Crippen LogP contribution in [0, 0.1) is 6.92 Å². The lowest BCUT2D eigenvalue weighted by atomic mass is 9.79. The van der Waals surface area contributed by atoms with Crippen molar-refractivity contribution in [3.63, 3.8) is 0 Å². The van der Waals surface area contributed by atoms with Crippen LogP contribution in [-0.4, -0.2) is 5.78 Å². The molecule has 2 nitrogen and oxygen atoms in total. The van der Waals surface area contributed by atoms with Gasteiger partial charge in [-0.1, -0.05) is 84.4 Å². The molecule has 0 saturated heterocycles. The highest BCUT2D eigenvalue weighted by atomic mass is 16.5. The monoisotopic (exact) mass is 374 g/mol. The van der Waals surface area contributed by atoms with Crippen molar-refractivity contribution in [2.75, 3.05) is 0 Å². The number of benzene rings is 4. The van der Waals surface area contributed by atoms with Crippen molar-refractivity contribution in [1.29, 1.82) is 0 Å². The van der Waals surface area contributed by atoms with Crippen molar-refractivity contribution in [2.24, 2.45) is 0 Å². The number of hydrogen-bond donors (Lipinski definition) is 0. The molecule has 0 bridgehead atoms. The van der Waals surface area contributed by atoms with Gasteiger partial charge in [-0.05, 0) is 29.3 Å². The van der Waals surface area contributed by atoms with E-state index in [1.165, 1.54) is 5.56 Å². The van der Waals surface area contributed by atoms with Crippen LogP contribution in [0.4, 0.5) is 0 Å². The SMILES string of the molecule is Cc1ccc(C2C3=C(Oc4ccc5ccccc5c42)c2ccccc2C3=O)cc1. The zero-order valence-corrected chi connectivity index (χ0v) is 16.0. The second-order valence-corrected chi connectivity index (χ2v) is 7.76. The summed E-state index contributed by atoms with van der Waals surface area (Å²) in [5.41, 5.74) is 5.76. The smallest absolute Gasteiger partial charge is 0.194 e. The van der Waals surface area contributed by atoms with Crippen LogP contribution in [0.1, 0.15) is 38.5 Å². The topological polar surface area (TPSA) is 26.3 Å². The van der Waals surface area contributed by atoms with Crippen LogP contribution in [0.2, 0.25) is 0 Å². The third kappa shape index (κ3) is 2.26. The molecule has 138 valence electrons. The number of aryl methyl sites for hydroxylation is 1. The van der Waals surface area contributed by atoms with Gasteiger partial charge in [0, 0.05) is 22.6 Å². The molecule has 1 unspecified atom stereocenters. The van der Waals surface area contributed by atoms with Gasteiger partial charge in [-0.25, -0.2) is 0 Å². The minimum Gasteiger partial charge on any atom is -0.456 e. The molecule has 1 heterocycles. The van der Waals surface area contributed by atoms with Crippen LogP contribution < -0.4 is 4.74 Å². The van der Waals surface area contributed by atoms with Gasteiger partial charge in [-0.3, -0.25) is 4.79 Å². The van der Waals surface area contributed by atoms with E-state index in [0.29, 0.717) is 5.76 Å². The van der Waals surface area contributed by atoms with Gasteiger partial charge in [0.2, 0.25) is 0 Å². The first kappa shape index (κ1) is 16.3. The molecule has 1 aliphatic heterocycles. The van der Waals surface area contributed by atoms with Gasteiger partial charge < -0.3 is 4.74 Å². The van der Waals surface area contributed by atoms with Crippen molar-refractivity contribution in [3.05, 3.63) is 118 Å². The van der Waals surface area contributed by atoms with E-state index in [-0.39, 0.29) is 11.7 Å². The second-order valence-electron chi connectivity index (χ2n) is 7.76. The molecule has 2 heteroatoms. The van der Waals surface area contributed by atoms with Crippen molar-refractivity contribution in [3.8, 4) is 5.75 Å². The molecule has 0 saturated carbocycles. The third-order valence-corrected chi connectivity index (χ3v) is 6.04. The summed E-state index contributed by atoms with van der Waals surface area (Å²) in [5.74, 6) is 1.46. The average molecular weight is 374 g/mol. The lowest BCUT2D eigenvalue weighted by Gasteiger charge is -2.29. The molecular weight excluding hydrogens is 356 g/mol. The van der Waals surface area contributed by atoms with Crippen LogP contribution in [0.5, 0.6) is 5.75 Å². The van der Waals surface area contributed by atoms with E-state index in [4.69, 9.17) is 4.74 Å². The molecule has 0 N–H and O–H groups in total. The third-order valence-electron chi connectivity index (χ3n) is 6.04. The van der Waals surface area contributed by atoms with Crippen molar-refractivity contribution in [1.82, 2.24) is 0 Å². The molecule has 1 atom stereocenters. The number of hydrogen-bond acceptors (Lipinski definition) is 2. The normalized spacial score (nSPS) is 17.0. The number of Topliss-reactive ketones (excluding diaryl/α,β-unsaturated/α-hetero) is 1. The molecule has 0 aromatic heterocycles. The van der Waals surface area contributed by atoms with Crippen LogP contribution in [0.25, 0.3) is 16.5 Å². The van der Waals surface area contributed by atoms with Gasteiger partial charge in [-0.2, -0.15) is 0 Å². The van der Waals surface area contributed by atoms with Gasteiger partial charge in [0.15, 0.2) is 5.78 Å². The Bertz CT molecular complexity index is 1340. The van der Waals surface area contributed by atoms with Crippen molar-refractivity contribution >= 4 is 22.3 Å². The molecule has 0 fully saturated rings. The predicted octanol–water partition coefficient (Wildman–Crippen LogP) is 6.28. The van der Waals surface area contributed by atoms with Gasteiger partial charge in [0.1, 0.15) is 11.5 Å². The fourth-order valence-corrected chi connectivity index (χ4v) is 4.65. The van der Waals surface area contributed by atoms with Gasteiger partial charge >= 0.3 is 0 Å². The highest BCUT2D eigenvalue weighted by molar-refractivity contribution is 6.22. The van der Waals surface area contributed by atoms with Crippen LogP contribution in [0.15, 0.2) is 90.5 Å². The summed E-state index contributed by atoms with van der Waals surface area (Å²) in [6, 6.07) is 28.7. The van der Waals surface area contributed by atoms with Crippen molar-refractivity contribution < 1.29 is 9.53 Å². The number of carbonyl (C=O) groups is 1. The fraction of sp³-hybridized carbons (Fsp3) is 0.0741. The molecule has 4 aromatic rings. The molecule has 6 rings (SSSR count). The predicted molar refractivity (Wildman–Crippen MR) is 115 cm³/mol. The summed E-state index contributed by atoms with van der Waals surface area (Å²) < 4.78 is 6.40. The van der Waals surface area contributed by atoms with E-state index in [2.05, 4.69) is 49.4 Å². The first-order valence-corrected chi connectivity index (χ1v) is 9.87. The fourth-order valence-electron chi connectivity index (χ4n) is 4.65.